The van der Waals surface area contributed by atoms with Gasteiger partial charge in [0.1, 0.15) is 5.82 Å². The normalized spacial score (nSPS) is 23.8. The molecule has 17 heavy (non-hydrogen) atoms. The third-order valence-corrected chi connectivity index (χ3v) is 3.26. The molecule has 1 aliphatic heterocycles. The molecule has 0 radical (unpaired) electrons. The molecule has 5 nitrogen and oxygen atoms in total. The number of hydrogen-bond acceptors (Lipinski definition) is 4. The fourth-order valence-electron chi connectivity index (χ4n) is 2.18. The zero-order valence-electron chi connectivity index (χ0n) is 10.5. The third-order valence-electron chi connectivity index (χ3n) is 3.26. The maximum Gasteiger partial charge on any atom is 0.111 e. The van der Waals surface area contributed by atoms with E-state index in [1.807, 2.05) is 6.20 Å². The van der Waals surface area contributed by atoms with E-state index in [0.29, 0.717) is 13.0 Å². The summed E-state index contributed by atoms with van der Waals surface area (Å²) >= 11 is 0. The molecular weight excluding hydrogens is 218 g/mol. The van der Waals surface area contributed by atoms with Gasteiger partial charge in [-0.3, -0.25) is 0 Å². The zero-order valence-corrected chi connectivity index (χ0v) is 10.5. The second-order valence-electron chi connectivity index (χ2n) is 4.57. The van der Waals surface area contributed by atoms with Gasteiger partial charge in [-0.25, -0.2) is 4.98 Å². The molecule has 0 spiro atoms. The van der Waals surface area contributed by atoms with Crippen molar-refractivity contribution in [3.05, 3.63) is 18.2 Å². The average molecular weight is 239 g/mol. The van der Waals surface area contributed by atoms with Crippen LogP contribution in [-0.4, -0.2) is 58.5 Å². The highest BCUT2D eigenvalue weighted by molar-refractivity contribution is 4.96. The van der Waals surface area contributed by atoms with Crippen LogP contribution in [0.5, 0.6) is 0 Å². The number of nitrogens with zero attached hydrogens (tertiary/aromatic N) is 3. The molecule has 2 heterocycles. The first kappa shape index (κ1) is 12.5. The Balaban J connectivity index is 1.94. The highest BCUT2D eigenvalue weighted by Crippen LogP contribution is 2.11. The minimum absolute atomic E-state index is 0.101. The summed E-state index contributed by atoms with van der Waals surface area (Å²) in [5, 5.41) is 10.2. The molecule has 0 bridgehead atoms. The molecule has 1 aliphatic rings. The Morgan fingerprint density at radius 1 is 1.65 bits per heavy atom. The fourth-order valence-corrected chi connectivity index (χ4v) is 2.18. The van der Waals surface area contributed by atoms with E-state index in [9.17, 15) is 5.11 Å². The minimum Gasteiger partial charge on any atom is -0.390 e. The molecule has 1 aromatic rings. The van der Waals surface area contributed by atoms with Crippen molar-refractivity contribution in [2.75, 3.05) is 26.7 Å². The monoisotopic (exact) mass is 239 g/mol. The van der Waals surface area contributed by atoms with E-state index < -0.39 is 6.10 Å². The molecule has 0 aromatic carbocycles. The van der Waals surface area contributed by atoms with Crippen LogP contribution < -0.4 is 0 Å². The maximum absolute atomic E-state index is 10.2. The molecule has 0 aliphatic carbocycles. The van der Waals surface area contributed by atoms with Gasteiger partial charge in [0, 0.05) is 38.4 Å². The van der Waals surface area contributed by atoms with Crippen LogP contribution in [0.1, 0.15) is 12.7 Å². The van der Waals surface area contributed by atoms with Crippen LogP contribution in [0.2, 0.25) is 0 Å². The average Bonchev–Trinajstić information content (AvgIpc) is 2.76. The Morgan fingerprint density at radius 2 is 2.47 bits per heavy atom. The van der Waals surface area contributed by atoms with Gasteiger partial charge >= 0.3 is 0 Å². The van der Waals surface area contributed by atoms with Crippen LogP contribution in [-0.2, 0) is 17.7 Å². The third kappa shape index (κ3) is 3.06. The Labute approximate surface area is 102 Å². The number of aliphatic hydroxyl groups is 1. The van der Waals surface area contributed by atoms with Gasteiger partial charge in [-0.2, -0.15) is 0 Å². The number of likely N-dealkylation sites (N-methyl/N-ethyl adjacent to an activating group) is 1. The summed E-state index contributed by atoms with van der Waals surface area (Å²) in [6, 6.07) is 0. The van der Waals surface area contributed by atoms with Crippen molar-refractivity contribution in [2.45, 2.75) is 32.1 Å². The summed E-state index contributed by atoms with van der Waals surface area (Å²) in [7, 11) is 2.05. The van der Waals surface area contributed by atoms with Gasteiger partial charge in [0.25, 0.3) is 0 Å². The lowest BCUT2D eigenvalue weighted by Crippen LogP contribution is -2.46. The quantitative estimate of drug-likeness (QED) is 0.812. The summed E-state index contributed by atoms with van der Waals surface area (Å²) in [5.74, 6) is 0.928. The summed E-state index contributed by atoms with van der Waals surface area (Å²) in [5.41, 5.74) is 0. The lowest BCUT2D eigenvalue weighted by Gasteiger charge is -2.32. The van der Waals surface area contributed by atoms with Gasteiger partial charge in [0.15, 0.2) is 0 Å². The van der Waals surface area contributed by atoms with Crippen LogP contribution in [0.15, 0.2) is 12.4 Å². The predicted octanol–water partition coefficient (Wildman–Crippen LogP) is 0.137. The van der Waals surface area contributed by atoms with E-state index in [1.165, 1.54) is 0 Å². The molecule has 0 amide bonds. The Bertz CT molecular complexity index is 353. The van der Waals surface area contributed by atoms with Crippen molar-refractivity contribution >= 4 is 0 Å². The van der Waals surface area contributed by atoms with Crippen molar-refractivity contribution in [2.24, 2.45) is 0 Å². The summed E-state index contributed by atoms with van der Waals surface area (Å²) < 4.78 is 7.66. The summed E-state index contributed by atoms with van der Waals surface area (Å²) in [4.78, 5) is 6.46. The van der Waals surface area contributed by atoms with Gasteiger partial charge in [0.2, 0.25) is 0 Å². The molecule has 0 saturated carbocycles. The topological polar surface area (TPSA) is 50.5 Å². The lowest BCUT2D eigenvalue weighted by atomic mass is 10.1. The zero-order chi connectivity index (χ0) is 12.3. The van der Waals surface area contributed by atoms with Crippen LogP contribution in [0.25, 0.3) is 0 Å². The van der Waals surface area contributed by atoms with Gasteiger partial charge in [-0.15, -0.1) is 0 Å². The first-order valence-corrected chi connectivity index (χ1v) is 6.19. The number of imidazole rings is 1. The van der Waals surface area contributed by atoms with E-state index in [-0.39, 0.29) is 6.10 Å². The van der Waals surface area contributed by atoms with Crippen LogP contribution in [0.3, 0.4) is 0 Å². The summed E-state index contributed by atoms with van der Waals surface area (Å²) in [6.07, 6.45) is 3.69. The first-order valence-electron chi connectivity index (χ1n) is 6.19. The van der Waals surface area contributed by atoms with E-state index >= 15 is 0 Å². The predicted molar refractivity (Wildman–Crippen MR) is 64.8 cm³/mol. The molecule has 96 valence electrons. The number of aromatic nitrogens is 2. The lowest BCUT2D eigenvalue weighted by molar-refractivity contribution is -0.0829. The molecule has 1 saturated heterocycles. The van der Waals surface area contributed by atoms with E-state index in [1.54, 1.807) is 6.20 Å². The van der Waals surface area contributed by atoms with Crippen molar-refractivity contribution < 1.29 is 9.84 Å². The van der Waals surface area contributed by atoms with E-state index in [2.05, 4.69) is 28.4 Å². The maximum atomic E-state index is 10.2. The summed E-state index contributed by atoms with van der Waals surface area (Å²) in [6.45, 7) is 5.37. The van der Waals surface area contributed by atoms with Crippen LogP contribution in [0.4, 0.5) is 0 Å². The minimum atomic E-state index is -0.481. The number of aliphatic hydroxyl groups excluding tert-OH is 1. The Morgan fingerprint density at radius 3 is 3.18 bits per heavy atom. The smallest absolute Gasteiger partial charge is 0.111 e. The number of ether oxygens (including phenoxy) is 1. The van der Waals surface area contributed by atoms with Gasteiger partial charge in [0.05, 0.1) is 18.8 Å². The fraction of sp³-hybridized carbons (Fsp3) is 0.750. The molecular formula is C12H21N3O2. The molecule has 1 N–H and O–H groups in total. The molecule has 1 aromatic heterocycles. The van der Waals surface area contributed by atoms with Crippen LogP contribution >= 0.6 is 0 Å². The second-order valence-corrected chi connectivity index (χ2v) is 4.57. The molecule has 2 atom stereocenters. The first-order chi connectivity index (χ1) is 8.20. The van der Waals surface area contributed by atoms with Crippen molar-refractivity contribution in [1.29, 1.82) is 0 Å². The Hall–Kier alpha value is -0.910. The van der Waals surface area contributed by atoms with E-state index in [4.69, 9.17) is 4.74 Å². The molecule has 1 fully saturated rings. The molecule has 2 unspecified atom stereocenters. The molecule has 5 heteroatoms. The molecule has 2 rings (SSSR count). The van der Waals surface area contributed by atoms with Gasteiger partial charge in [-0.05, 0) is 14.0 Å². The second kappa shape index (κ2) is 5.62. The number of aryl methyl sites for hydroxylation is 1. The highest BCUT2D eigenvalue weighted by atomic mass is 16.5. The van der Waals surface area contributed by atoms with Gasteiger partial charge < -0.3 is 19.3 Å². The van der Waals surface area contributed by atoms with Gasteiger partial charge in [-0.1, -0.05) is 0 Å². The number of rotatable bonds is 4. The van der Waals surface area contributed by atoms with Crippen LogP contribution in [0, 0.1) is 0 Å². The van der Waals surface area contributed by atoms with Crippen molar-refractivity contribution in [1.82, 2.24) is 14.5 Å². The van der Waals surface area contributed by atoms with Crippen molar-refractivity contribution in [3.8, 4) is 0 Å². The highest BCUT2D eigenvalue weighted by Gasteiger charge is 2.26. The van der Waals surface area contributed by atoms with E-state index in [0.717, 1.165) is 25.5 Å². The van der Waals surface area contributed by atoms with Crippen molar-refractivity contribution in [3.63, 3.8) is 0 Å². The Kier molecular flexibility index (Phi) is 4.15. The number of hydrogen-bond donors (Lipinski definition) is 1. The largest absolute Gasteiger partial charge is 0.390 e. The standard InChI is InChI=1S/C12H21N3O2/c1-3-15-5-4-13-12(15)8-10(16)11-9-14(2)6-7-17-11/h4-5,10-11,16H,3,6-9H2,1-2H3. The SMILES string of the molecule is CCn1ccnc1CC(O)C1CN(C)CCO1. The number of morpholine rings is 1.